The zero-order valence-corrected chi connectivity index (χ0v) is 17.8. The quantitative estimate of drug-likeness (QED) is 0.702. The number of rotatable bonds is 8. The summed E-state index contributed by atoms with van der Waals surface area (Å²) in [4.78, 5) is 26.6. The van der Waals surface area contributed by atoms with Gasteiger partial charge in [-0.25, -0.2) is 0 Å². The lowest BCUT2D eigenvalue weighted by Gasteiger charge is -2.35. The monoisotopic (exact) mass is 409 g/mol. The lowest BCUT2D eigenvalue weighted by molar-refractivity contribution is -0.120. The Hall–Kier alpha value is -2.70. The molecule has 0 spiro atoms. The van der Waals surface area contributed by atoms with Crippen LogP contribution in [0.3, 0.4) is 0 Å². The Labute approximate surface area is 178 Å². The molecular weight excluding hydrogens is 378 g/mol. The van der Waals surface area contributed by atoms with E-state index in [1.54, 1.807) is 0 Å². The molecule has 2 amide bonds. The molecule has 2 N–H and O–H groups in total. The zero-order chi connectivity index (χ0) is 21.3. The van der Waals surface area contributed by atoms with Crippen LogP contribution in [0, 0.1) is 0 Å². The summed E-state index contributed by atoms with van der Waals surface area (Å²) in [5.74, 6) is -0.431. The molecule has 1 fully saturated rings. The Morgan fingerprint density at radius 2 is 1.60 bits per heavy atom. The number of hydrogen-bond donors (Lipinski definition) is 2. The van der Waals surface area contributed by atoms with Gasteiger partial charge >= 0.3 is 0 Å². The highest BCUT2D eigenvalue weighted by atomic mass is 16.5. The maximum atomic E-state index is 12.3. The van der Waals surface area contributed by atoms with Crippen LogP contribution in [0.1, 0.15) is 35.3 Å². The summed E-state index contributed by atoms with van der Waals surface area (Å²) in [6, 6.07) is 17.5. The smallest absolute Gasteiger partial charge is 0.251 e. The third-order valence-electron chi connectivity index (χ3n) is 5.11. The van der Waals surface area contributed by atoms with Gasteiger partial charge in [0.15, 0.2) is 0 Å². The minimum atomic E-state index is -0.242. The Bertz CT molecular complexity index is 813. The average molecular weight is 410 g/mol. The molecule has 0 saturated carbocycles. The molecule has 3 rings (SSSR count). The number of morpholine rings is 1. The molecule has 1 heterocycles. The number of nitrogens with zero attached hydrogens (tertiary/aromatic N) is 1. The van der Waals surface area contributed by atoms with E-state index in [1.165, 1.54) is 5.56 Å². The van der Waals surface area contributed by atoms with E-state index in [2.05, 4.69) is 29.4 Å². The first kappa shape index (κ1) is 22.0. The first-order valence-corrected chi connectivity index (χ1v) is 10.5. The summed E-state index contributed by atoms with van der Waals surface area (Å²) in [5, 5.41) is 5.51. The molecule has 6 nitrogen and oxygen atoms in total. The van der Waals surface area contributed by atoms with E-state index in [4.69, 9.17) is 4.74 Å². The van der Waals surface area contributed by atoms with Crippen molar-refractivity contribution in [3.63, 3.8) is 0 Å². The van der Waals surface area contributed by atoms with E-state index < -0.39 is 0 Å². The number of benzene rings is 2. The second kappa shape index (κ2) is 10.9. The van der Waals surface area contributed by atoms with Crippen molar-refractivity contribution >= 4 is 11.8 Å². The van der Waals surface area contributed by atoms with Crippen molar-refractivity contribution in [3.8, 4) is 0 Å². The first-order chi connectivity index (χ1) is 14.5. The minimum absolute atomic E-state index is 0.0288. The second-order valence-corrected chi connectivity index (χ2v) is 7.92. The largest absolute Gasteiger partial charge is 0.373 e. The maximum Gasteiger partial charge on any atom is 0.251 e. The van der Waals surface area contributed by atoms with Crippen LogP contribution in [0.15, 0.2) is 54.6 Å². The maximum absolute atomic E-state index is 12.3. The van der Waals surface area contributed by atoms with Gasteiger partial charge in [0, 0.05) is 31.7 Å². The van der Waals surface area contributed by atoms with E-state index in [0.717, 1.165) is 31.6 Å². The summed E-state index contributed by atoms with van der Waals surface area (Å²) in [6.07, 6.45) is 1.23. The van der Waals surface area contributed by atoms with Crippen LogP contribution in [0.25, 0.3) is 0 Å². The van der Waals surface area contributed by atoms with Crippen molar-refractivity contribution < 1.29 is 14.3 Å². The molecule has 0 radical (unpaired) electrons. The number of ether oxygens (including phenoxy) is 1. The van der Waals surface area contributed by atoms with Crippen molar-refractivity contribution in [2.24, 2.45) is 0 Å². The van der Waals surface area contributed by atoms with E-state index >= 15 is 0 Å². The minimum Gasteiger partial charge on any atom is -0.373 e. The topological polar surface area (TPSA) is 70.7 Å². The molecule has 30 heavy (non-hydrogen) atoms. The third-order valence-corrected chi connectivity index (χ3v) is 5.11. The van der Waals surface area contributed by atoms with E-state index in [-0.39, 0.29) is 30.6 Å². The lowest BCUT2D eigenvalue weighted by atomic mass is 10.1. The Balaban J connectivity index is 1.39. The molecule has 2 aromatic carbocycles. The van der Waals surface area contributed by atoms with Gasteiger partial charge in [-0.1, -0.05) is 42.5 Å². The average Bonchev–Trinajstić information content (AvgIpc) is 2.72. The van der Waals surface area contributed by atoms with Crippen molar-refractivity contribution in [2.75, 3.05) is 26.2 Å². The van der Waals surface area contributed by atoms with E-state index in [0.29, 0.717) is 12.1 Å². The van der Waals surface area contributed by atoms with Crippen molar-refractivity contribution in [2.45, 2.75) is 39.0 Å². The van der Waals surface area contributed by atoms with Gasteiger partial charge in [-0.05, 0) is 43.5 Å². The Morgan fingerprint density at radius 1 is 0.933 bits per heavy atom. The van der Waals surface area contributed by atoms with Crippen LogP contribution in [-0.4, -0.2) is 55.1 Å². The molecule has 1 aliphatic heterocycles. The Kier molecular flexibility index (Phi) is 7.99. The number of nitrogens with one attached hydrogen (secondary N) is 2. The summed E-state index contributed by atoms with van der Waals surface area (Å²) in [5.41, 5.74) is 2.88. The van der Waals surface area contributed by atoms with Gasteiger partial charge < -0.3 is 15.4 Å². The van der Waals surface area contributed by atoms with E-state index in [9.17, 15) is 9.59 Å². The summed E-state index contributed by atoms with van der Waals surface area (Å²) in [7, 11) is 0. The number of carbonyl (C=O) groups is 2. The predicted octanol–water partition coefficient (Wildman–Crippen LogP) is 2.38. The summed E-state index contributed by atoms with van der Waals surface area (Å²) in [6.45, 7) is 7.36. The van der Waals surface area contributed by atoms with Crippen LogP contribution in [0.2, 0.25) is 0 Å². The molecular formula is C24H31N3O3. The summed E-state index contributed by atoms with van der Waals surface area (Å²) < 4.78 is 5.77. The molecule has 2 unspecified atom stereocenters. The summed E-state index contributed by atoms with van der Waals surface area (Å²) >= 11 is 0. The van der Waals surface area contributed by atoms with Crippen LogP contribution in [-0.2, 0) is 22.5 Å². The molecule has 0 aliphatic carbocycles. The van der Waals surface area contributed by atoms with Crippen molar-refractivity contribution in [1.82, 2.24) is 15.5 Å². The fraction of sp³-hybridized carbons (Fsp3) is 0.417. The van der Waals surface area contributed by atoms with Gasteiger partial charge in [-0.2, -0.15) is 0 Å². The van der Waals surface area contributed by atoms with Gasteiger partial charge in [0.25, 0.3) is 5.91 Å². The fourth-order valence-corrected chi connectivity index (χ4v) is 3.75. The van der Waals surface area contributed by atoms with Crippen LogP contribution in [0.5, 0.6) is 0 Å². The molecule has 6 heteroatoms. The number of hydrogen-bond acceptors (Lipinski definition) is 4. The van der Waals surface area contributed by atoms with Gasteiger partial charge in [-0.3, -0.25) is 14.5 Å². The molecule has 0 aromatic heterocycles. The molecule has 1 saturated heterocycles. The van der Waals surface area contributed by atoms with Crippen molar-refractivity contribution in [3.05, 3.63) is 71.3 Å². The fourth-order valence-electron chi connectivity index (χ4n) is 3.75. The highest BCUT2D eigenvalue weighted by Gasteiger charge is 2.22. The zero-order valence-electron chi connectivity index (χ0n) is 17.8. The number of carbonyl (C=O) groups excluding carboxylic acids is 2. The third kappa shape index (κ3) is 6.97. The predicted molar refractivity (Wildman–Crippen MR) is 117 cm³/mol. The molecule has 2 atom stereocenters. The molecule has 2 aromatic rings. The SMILES string of the molecule is CC1CN(Cc2ccc(C(=O)NCC(=O)NCCc3ccccc3)cc2)CC(C)O1. The standard InChI is InChI=1S/C24H31N3O3/c1-18-15-27(16-19(2)30-18)17-21-8-10-22(11-9-21)24(29)26-14-23(28)25-13-12-20-6-4-3-5-7-20/h3-11,18-19H,12-17H2,1-2H3,(H,25,28)(H,26,29). The van der Waals surface area contributed by atoms with Crippen LogP contribution >= 0.6 is 0 Å². The first-order valence-electron chi connectivity index (χ1n) is 10.5. The molecule has 1 aliphatic rings. The van der Waals surface area contributed by atoms with Gasteiger partial charge in [-0.15, -0.1) is 0 Å². The van der Waals surface area contributed by atoms with Gasteiger partial charge in [0.05, 0.1) is 18.8 Å². The van der Waals surface area contributed by atoms with Crippen LogP contribution < -0.4 is 10.6 Å². The number of amides is 2. The lowest BCUT2D eigenvalue weighted by Crippen LogP contribution is -2.44. The van der Waals surface area contributed by atoms with E-state index in [1.807, 2.05) is 54.6 Å². The van der Waals surface area contributed by atoms with Gasteiger partial charge in [0.2, 0.25) is 5.91 Å². The van der Waals surface area contributed by atoms with Crippen molar-refractivity contribution in [1.29, 1.82) is 0 Å². The Morgan fingerprint density at radius 3 is 2.27 bits per heavy atom. The van der Waals surface area contributed by atoms with Gasteiger partial charge in [0.1, 0.15) is 0 Å². The highest BCUT2D eigenvalue weighted by Crippen LogP contribution is 2.14. The normalized spacial score (nSPS) is 19.3. The molecule has 0 bridgehead atoms. The molecule has 160 valence electrons. The van der Waals surface area contributed by atoms with Crippen LogP contribution in [0.4, 0.5) is 0 Å². The second-order valence-electron chi connectivity index (χ2n) is 7.92. The highest BCUT2D eigenvalue weighted by molar-refractivity contribution is 5.96.